The number of hydrogen-bond acceptors (Lipinski definition) is 1. The van der Waals surface area contributed by atoms with E-state index in [-0.39, 0.29) is 0 Å². The van der Waals surface area contributed by atoms with Gasteiger partial charge in [0.25, 0.3) is 0 Å². The van der Waals surface area contributed by atoms with Crippen molar-refractivity contribution in [3.05, 3.63) is 103 Å². The summed E-state index contributed by atoms with van der Waals surface area (Å²) in [4.78, 5) is 5.18. The summed E-state index contributed by atoms with van der Waals surface area (Å²) in [5.41, 5.74) is 14.3. The van der Waals surface area contributed by atoms with Crippen molar-refractivity contribution in [3.63, 3.8) is 0 Å². The van der Waals surface area contributed by atoms with Crippen molar-refractivity contribution in [3.8, 4) is 22.3 Å². The Morgan fingerprint density at radius 3 is 2.15 bits per heavy atom. The minimum Gasteiger partial charge on any atom is -0.292 e. The maximum Gasteiger partial charge on any atom is 0.244 e. The summed E-state index contributed by atoms with van der Waals surface area (Å²) in [7, 11) is 0. The zero-order chi connectivity index (χ0) is 22.0. The SMILES string of the molecule is c1ccc2c(c1)B1c3ccccc3-c3c1c-2cc1c3c2ccccc2n2c3ccccc3nc12. The van der Waals surface area contributed by atoms with E-state index >= 15 is 0 Å². The van der Waals surface area contributed by atoms with Crippen LogP contribution in [0.5, 0.6) is 0 Å². The molecule has 0 aliphatic carbocycles. The van der Waals surface area contributed by atoms with Gasteiger partial charge in [-0.25, -0.2) is 4.98 Å². The van der Waals surface area contributed by atoms with Crippen LogP contribution in [0.2, 0.25) is 0 Å². The number of aromatic nitrogens is 2. The minimum atomic E-state index is 0.315. The first-order valence-corrected chi connectivity index (χ1v) is 11.9. The van der Waals surface area contributed by atoms with Crippen molar-refractivity contribution in [1.29, 1.82) is 0 Å². The number of fused-ring (bicyclic) bond motifs is 15. The fourth-order valence-corrected chi connectivity index (χ4v) is 6.74. The van der Waals surface area contributed by atoms with E-state index in [9.17, 15) is 0 Å². The summed E-state index contributed by atoms with van der Waals surface area (Å²) < 4.78 is 2.35. The number of rotatable bonds is 0. The molecule has 0 saturated heterocycles. The molecule has 2 nitrogen and oxygen atoms in total. The van der Waals surface area contributed by atoms with Crippen LogP contribution in [0.25, 0.3) is 60.6 Å². The molecule has 3 heteroatoms. The number of benzene rings is 5. The molecule has 9 rings (SSSR count). The molecule has 2 aromatic heterocycles. The smallest absolute Gasteiger partial charge is 0.244 e. The first-order chi connectivity index (χ1) is 16.9. The van der Waals surface area contributed by atoms with Gasteiger partial charge in [-0.05, 0) is 46.5 Å². The third kappa shape index (κ3) is 1.83. The summed E-state index contributed by atoms with van der Waals surface area (Å²) >= 11 is 0. The molecule has 0 spiro atoms. The minimum absolute atomic E-state index is 0.315. The van der Waals surface area contributed by atoms with Crippen LogP contribution in [0.3, 0.4) is 0 Å². The van der Waals surface area contributed by atoms with Crippen molar-refractivity contribution in [1.82, 2.24) is 9.38 Å². The topological polar surface area (TPSA) is 17.3 Å². The van der Waals surface area contributed by atoms with Crippen LogP contribution in [0, 0.1) is 0 Å². The van der Waals surface area contributed by atoms with Gasteiger partial charge in [0, 0.05) is 16.2 Å². The summed E-state index contributed by atoms with van der Waals surface area (Å²) in [6.45, 7) is 0.315. The molecule has 0 saturated carbocycles. The van der Waals surface area contributed by atoms with Crippen LogP contribution in [-0.4, -0.2) is 16.1 Å². The van der Waals surface area contributed by atoms with Crippen LogP contribution in [0.4, 0.5) is 0 Å². The zero-order valence-corrected chi connectivity index (χ0v) is 18.3. The maximum atomic E-state index is 5.18. The van der Waals surface area contributed by atoms with Gasteiger partial charge in [0.1, 0.15) is 5.65 Å². The quantitative estimate of drug-likeness (QED) is 0.238. The second-order valence-corrected chi connectivity index (χ2v) is 9.52. The lowest BCUT2D eigenvalue weighted by molar-refractivity contribution is 1.32. The number of hydrogen-bond donors (Lipinski definition) is 0. The van der Waals surface area contributed by atoms with Gasteiger partial charge in [-0.15, -0.1) is 0 Å². The van der Waals surface area contributed by atoms with Gasteiger partial charge in [-0.3, -0.25) is 4.40 Å². The molecule has 34 heavy (non-hydrogen) atoms. The van der Waals surface area contributed by atoms with E-state index in [0.29, 0.717) is 6.71 Å². The molecule has 2 aliphatic rings. The molecule has 0 radical (unpaired) electrons. The van der Waals surface area contributed by atoms with Crippen LogP contribution in [0.1, 0.15) is 0 Å². The summed E-state index contributed by atoms with van der Waals surface area (Å²) in [5.74, 6) is 0. The number of nitrogens with zero attached hydrogens (tertiary/aromatic N) is 2. The molecule has 7 aromatic rings. The monoisotopic (exact) mass is 428 g/mol. The van der Waals surface area contributed by atoms with Crippen LogP contribution >= 0.6 is 0 Å². The lowest BCUT2D eigenvalue weighted by Gasteiger charge is -2.16. The van der Waals surface area contributed by atoms with Crippen molar-refractivity contribution >= 4 is 61.5 Å². The average molecular weight is 428 g/mol. The van der Waals surface area contributed by atoms with Crippen molar-refractivity contribution in [2.75, 3.05) is 0 Å². The molecule has 0 atom stereocenters. The summed E-state index contributed by atoms with van der Waals surface area (Å²) in [6.07, 6.45) is 0. The maximum absolute atomic E-state index is 5.18. The van der Waals surface area contributed by atoms with Crippen LogP contribution < -0.4 is 16.4 Å². The molecule has 0 amide bonds. The normalized spacial score (nSPS) is 13.2. The molecule has 4 heterocycles. The Hall–Kier alpha value is -4.37. The van der Waals surface area contributed by atoms with Gasteiger partial charge in [-0.1, -0.05) is 95.3 Å². The van der Waals surface area contributed by atoms with E-state index in [1.54, 1.807) is 0 Å². The molecule has 0 bridgehead atoms. The molecular weight excluding hydrogens is 411 g/mol. The zero-order valence-electron chi connectivity index (χ0n) is 18.3. The van der Waals surface area contributed by atoms with E-state index in [0.717, 1.165) is 16.7 Å². The van der Waals surface area contributed by atoms with Gasteiger partial charge in [0.15, 0.2) is 0 Å². The van der Waals surface area contributed by atoms with E-state index in [1.165, 1.54) is 60.3 Å². The van der Waals surface area contributed by atoms with E-state index < -0.39 is 0 Å². The molecular formula is C31H17BN2. The summed E-state index contributed by atoms with van der Waals surface area (Å²) in [6, 6.07) is 37.7. The van der Waals surface area contributed by atoms with E-state index in [2.05, 4.69) is 108 Å². The Morgan fingerprint density at radius 1 is 0.588 bits per heavy atom. The third-order valence-electron chi connectivity index (χ3n) is 7.98. The van der Waals surface area contributed by atoms with Crippen LogP contribution in [-0.2, 0) is 0 Å². The highest BCUT2D eigenvalue weighted by molar-refractivity contribution is 7.02. The Balaban J connectivity index is 1.63. The average Bonchev–Trinajstić information content (AvgIpc) is 3.55. The van der Waals surface area contributed by atoms with Crippen molar-refractivity contribution < 1.29 is 0 Å². The van der Waals surface area contributed by atoms with Gasteiger partial charge in [0.2, 0.25) is 6.71 Å². The fraction of sp³-hybridized carbons (Fsp3) is 0. The number of imidazole rings is 1. The number of pyridine rings is 1. The highest BCUT2D eigenvalue weighted by atomic mass is 15.0. The Morgan fingerprint density at radius 2 is 1.26 bits per heavy atom. The first-order valence-electron chi connectivity index (χ1n) is 11.9. The van der Waals surface area contributed by atoms with E-state index in [1.807, 2.05) is 0 Å². The third-order valence-corrected chi connectivity index (χ3v) is 7.98. The Kier molecular flexibility index (Phi) is 2.90. The fourth-order valence-electron chi connectivity index (χ4n) is 6.74. The lowest BCUT2D eigenvalue weighted by Crippen LogP contribution is -2.45. The molecule has 154 valence electrons. The van der Waals surface area contributed by atoms with Crippen molar-refractivity contribution in [2.24, 2.45) is 0 Å². The summed E-state index contributed by atoms with van der Waals surface area (Å²) in [5, 5.41) is 3.85. The predicted octanol–water partition coefficient (Wildman–Crippen LogP) is 5.27. The largest absolute Gasteiger partial charge is 0.292 e. The lowest BCUT2D eigenvalue weighted by atomic mass is 9.41. The standard InChI is InChI=1S/C31H17BN2/c1-4-12-23-18(9-1)21-17-22-28(29-19-10-2-5-13-24(19)32(23)30(21)29)20-11-3-7-15-26(20)34-27-16-8-6-14-25(27)33-31(22)34/h1-17H. The van der Waals surface area contributed by atoms with Crippen LogP contribution in [0.15, 0.2) is 103 Å². The Bertz CT molecular complexity index is 2030. The molecule has 2 aliphatic heterocycles. The highest BCUT2D eigenvalue weighted by Gasteiger charge is 2.42. The van der Waals surface area contributed by atoms with E-state index in [4.69, 9.17) is 4.98 Å². The van der Waals surface area contributed by atoms with Gasteiger partial charge in [0.05, 0.1) is 16.6 Å². The highest BCUT2D eigenvalue weighted by Crippen LogP contribution is 2.43. The van der Waals surface area contributed by atoms with Gasteiger partial charge in [-0.2, -0.15) is 0 Å². The molecule has 0 N–H and O–H groups in total. The Labute approximate surface area is 196 Å². The second kappa shape index (κ2) is 5.76. The predicted molar refractivity (Wildman–Crippen MR) is 143 cm³/mol. The van der Waals surface area contributed by atoms with Gasteiger partial charge >= 0.3 is 0 Å². The second-order valence-electron chi connectivity index (χ2n) is 9.52. The van der Waals surface area contributed by atoms with Gasteiger partial charge < -0.3 is 0 Å². The van der Waals surface area contributed by atoms with Crippen molar-refractivity contribution in [2.45, 2.75) is 0 Å². The molecule has 5 aromatic carbocycles. The molecule has 0 fully saturated rings. The molecule has 0 unspecified atom stereocenters. The first kappa shape index (κ1) is 17.2. The number of para-hydroxylation sites is 3.